The number of carbonyl (C=O) groups excluding carboxylic acids is 1. The van der Waals surface area contributed by atoms with Gasteiger partial charge in [0.25, 0.3) is 5.56 Å². The van der Waals surface area contributed by atoms with Gasteiger partial charge >= 0.3 is 0 Å². The molecule has 0 saturated carbocycles. The van der Waals surface area contributed by atoms with Gasteiger partial charge in [-0.1, -0.05) is 5.16 Å². The normalized spacial score (nSPS) is 12.2. The lowest BCUT2D eigenvalue weighted by Crippen LogP contribution is -2.27. The number of ether oxygens (including phenoxy) is 2. The molecule has 0 radical (unpaired) electrons. The van der Waals surface area contributed by atoms with Crippen LogP contribution in [0.25, 0.3) is 11.3 Å². The summed E-state index contributed by atoms with van der Waals surface area (Å²) in [6, 6.07) is 8.26. The summed E-state index contributed by atoms with van der Waals surface area (Å²) in [5.41, 5.74) is 1.50. The number of aromatic nitrogens is 3. The molecule has 1 aliphatic heterocycles. The van der Waals surface area contributed by atoms with E-state index in [1.165, 1.54) is 17.0 Å². The molecule has 1 aromatic carbocycles. The number of fused-ring (bicyclic) bond motifs is 1. The van der Waals surface area contributed by atoms with E-state index in [0.29, 0.717) is 22.9 Å². The third kappa shape index (κ3) is 3.14. The molecule has 1 aliphatic rings. The lowest BCUT2D eigenvalue weighted by atomic mass is 10.1. The fourth-order valence-electron chi connectivity index (χ4n) is 2.51. The predicted octanol–water partition coefficient (Wildman–Crippen LogP) is 1.57. The molecular weight excluding hydrogens is 340 g/mol. The van der Waals surface area contributed by atoms with Gasteiger partial charge in [-0.2, -0.15) is 0 Å². The zero-order valence-corrected chi connectivity index (χ0v) is 13.8. The second-order valence-corrected chi connectivity index (χ2v) is 5.69. The highest BCUT2D eigenvalue weighted by molar-refractivity contribution is 5.89. The van der Waals surface area contributed by atoms with Crippen LogP contribution in [0.2, 0.25) is 0 Å². The number of aryl methyl sites for hydroxylation is 1. The molecule has 1 amide bonds. The molecule has 0 aliphatic carbocycles. The van der Waals surface area contributed by atoms with Gasteiger partial charge in [0.05, 0.1) is 17.7 Å². The van der Waals surface area contributed by atoms with Crippen LogP contribution in [-0.2, 0) is 11.3 Å². The molecule has 3 aromatic rings. The Morgan fingerprint density at radius 3 is 2.85 bits per heavy atom. The van der Waals surface area contributed by atoms with Gasteiger partial charge in [0.2, 0.25) is 18.6 Å². The molecule has 132 valence electrons. The summed E-state index contributed by atoms with van der Waals surface area (Å²) < 4.78 is 16.7. The average molecular weight is 354 g/mol. The van der Waals surface area contributed by atoms with Crippen LogP contribution < -0.4 is 20.3 Å². The molecule has 0 spiro atoms. The Labute approximate surface area is 147 Å². The molecule has 26 heavy (non-hydrogen) atoms. The van der Waals surface area contributed by atoms with Crippen molar-refractivity contribution in [1.82, 2.24) is 14.7 Å². The Bertz CT molecular complexity index is 1040. The van der Waals surface area contributed by atoms with Crippen LogP contribution in [0.15, 0.2) is 46.0 Å². The van der Waals surface area contributed by atoms with Crippen LogP contribution in [0.3, 0.4) is 0 Å². The number of nitrogens with one attached hydrogen (secondary N) is 1. The third-order valence-corrected chi connectivity index (χ3v) is 3.75. The summed E-state index contributed by atoms with van der Waals surface area (Å²) in [6.07, 6.45) is 1.33. The number of hydrogen-bond donors (Lipinski definition) is 1. The maximum atomic E-state index is 12.3. The monoisotopic (exact) mass is 354 g/mol. The summed E-state index contributed by atoms with van der Waals surface area (Å²) in [5.74, 6) is 1.07. The van der Waals surface area contributed by atoms with Crippen molar-refractivity contribution < 1.29 is 18.8 Å². The second-order valence-electron chi connectivity index (χ2n) is 5.69. The summed E-state index contributed by atoms with van der Waals surface area (Å²) in [7, 11) is 0. The molecule has 0 unspecified atom stereocenters. The van der Waals surface area contributed by atoms with Crippen LogP contribution in [-0.4, -0.2) is 27.4 Å². The van der Waals surface area contributed by atoms with E-state index < -0.39 is 5.91 Å². The fourth-order valence-corrected chi connectivity index (χ4v) is 2.51. The molecule has 4 rings (SSSR count). The second kappa shape index (κ2) is 6.36. The number of nitrogens with zero attached hydrogens (tertiary/aromatic N) is 3. The van der Waals surface area contributed by atoms with Gasteiger partial charge in [-0.25, -0.2) is 4.98 Å². The summed E-state index contributed by atoms with van der Waals surface area (Å²) in [5, 5.41) is 6.20. The third-order valence-electron chi connectivity index (χ3n) is 3.75. The van der Waals surface area contributed by atoms with Crippen LogP contribution in [0.4, 0.5) is 5.88 Å². The van der Waals surface area contributed by atoms with Gasteiger partial charge in [0.15, 0.2) is 11.5 Å². The van der Waals surface area contributed by atoms with Crippen molar-refractivity contribution in [3.8, 4) is 22.8 Å². The number of carbonyl (C=O) groups is 1. The SMILES string of the molecule is Cc1cc(NC(=O)Cn2cnc(-c3ccc4c(c3)OCO4)cc2=O)on1. The molecule has 0 saturated heterocycles. The van der Waals surface area contributed by atoms with Crippen molar-refractivity contribution in [1.29, 1.82) is 0 Å². The number of rotatable bonds is 4. The Morgan fingerprint density at radius 1 is 1.23 bits per heavy atom. The number of amides is 1. The predicted molar refractivity (Wildman–Crippen MR) is 89.9 cm³/mol. The zero-order valence-electron chi connectivity index (χ0n) is 13.8. The first kappa shape index (κ1) is 15.9. The van der Waals surface area contributed by atoms with E-state index in [0.717, 1.165) is 5.56 Å². The molecule has 0 atom stereocenters. The minimum atomic E-state index is -0.416. The Kier molecular flexibility index (Phi) is 3.88. The van der Waals surface area contributed by atoms with E-state index in [9.17, 15) is 9.59 Å². The van der Waals surface area contributed by atoms with Crippen LogP contribution in [0, 0.1) is 6.92 Å². The minimum Gasteiger partial charge on any atom is -0.454 e. The lowest BCUT2D eigenvalue weighted by molar-refractivity contribution is -0.116. The van der Waals surface area contributed by atoms with Crippen molar-refractivity contribution >= 4 is 11.8 Å². The Balaban J connectivity index is 1.51. The summed E-state index contributed by atoms with van der Waals surface area (Å²) >= 11 is 0. The quantitative estimate of drug-likeness (QED) is 0.757. The van der Waals surface area contributed by atoms with Gasteiger partial charge in [0.1, 0.15) is 6.54 Å². The molecule has 9 nitrogen and oxygen atoms in total. The molecule has 3 heterocycles. The van der Waals surface area contributed by atoms with E-state index in [-0.39, 0.29) is 24.8 Å². The first-order valence-corrected chi connectivity index (χ1v) is 7.78. The molecule has 0 fully saturated rings. The van der Waals surface area contributed by atoms with E-state index in [1.54, 1.807) is 31.2 Å². The summed E-state index contributed by atoms with van der Waals surface area (Å²) in [6.45, 7) is 1.73. The van der Waals surface area contributed by atoms with E-state index in [1.807, 2.05) is 0 Å². The number of anilines is 1. The van der Waals surface area contributed by atoms with Crippen molar-refractivity contribution in [2.75, 3.05) is 12.1 Å². The maximum absolute atomic E-state index is 12.3. The molecular formula is C17H14N4O5. The zero-order chi connectivity index (χ0) is 18.1. The van der Waals surface area contributed by atoms with Crippen molar-refractivity contribution in [3.05, 3.63) is 52.7 Å². The van der Waals surface area contributed by atoms with E-state index in [4.69, 9.17) is 14.0 Å². The minimum absolute atomic E-state index is 0.174. The highest BCUT2D eigenvalue weighted by atomic mass is 16.7. The molecule has 9 heteroatoms. The van der Waals surface area contributed by atoms with Crippen molar-refractivity contribution in [3.63, 3.8) is 0 Å². The van der Waals surface area contributed by atoms with Crippen molar-refractivity contribution in [2.45, 2.75) is 13.5 Å². The number of benzene rings is 1. The lowest BCUT2D eigenvalue weighted by Gasteiger charge is -2.07. The van der Waals surface area contributed by atoms with Crippen LogP contribution in [0.1, 0.15) is 5.69 Å². The van der Waals surface area contributed by atoms with Gasteiger partial charge < -0.3 is 14.0 Å². The highest BCUT2D eigenvalue weighted by Crippen LogP contribution is 2.35. The van der Waals surface area contributed by atoms with Crippen LogP contribution in [0.5, 0.6) is 11.5 Å². The van der Waals surface area contributed by atoms with Crippen molar-refractivity contribution in [2.24, 2.45) is 0 Å². The topological polar surface area (TPSA) is 108 Å². The van der Waals surface area contributed by atoms with E-state index >= 15 is 0 Å². The smallest absolute Gasteiger partial charge is 0.254 e. The standard InChI is InChI=1S/C17H14N4O5/c1-10-4-16(26-20-10)19-15(22)7-21-8-18-12(6-17(21)23)11-2-3-13-14(5-11)25-9-24-13/h2-6,8H,7,9H2,1H3,(H,19,22). The largest absolute Gasteiger partial charge is 0.454 e. The van der Waals surface area contributed by atoms with Gasteiger partial charge in [-0.3, -0.25) is 19.5 Å². The Morgan fingerprint density at radius 2 is 2.08 bits per heavy atom. The van der Waals surface area contributed by atoms with Gasteiger partial charge in [-0.05, 0) is 25.1 Å². The molecule has 2 aromatic heterocycles. The van der Waals surface area contributed by atoms with Gasteiger partial charge in [0, 0.05) is 17.7 Å². The Hall–Kier alpha value is -3.62. The van der Waals surface area contributed by atoms with Crippen LogP contribution >= 0.6 is 0 Å². The first-order chi connectivity index (χ1) is 12.6. The van der Waals surface area contributed by atoms with E-state index in [2.05, 4.69) is 15.5 Å². The molecule has 0 bridgehead atoms. The fraction of sp³-hybridized carbons (Fsp3) is 0.176. The highest BCUT2D eigenvalue weighted by Gasteiger charge is 2.15. The molecule has 1 N–H and O–H groups in total. The maximum Gasteiger partial charge on any atom is 0.254 e. The first-order valence-electron chi connectivity index (χ1n) is 7.78. The van der Waals surface area contributed by atoms with Gasteiger partial charge in [-0.15, -0.1) is 0 Å². The summed E-state index contributed by atoms with van der Waals surface area (Å²) in [4.78, 5) is 28.6. The number of hydrogen-bond acceptors (Lipinski definition) is 7. The average Bonchev–Trinajstić information content (AvgIpc) is 3.24.